The maximum Gasteiger partial charge on any atom is 0.354 e. The Balaban J connectivity index is 2.35. The number of carboxylic acids is 1. The van der Waals surface area contributed by atoms with E-state index >= 15 is 0 Å². The van der Waals surface area contributed by atoms with Gasteiger partial charge in [0.05, 0.1) is 4.70 Å². The summed E-state index contributed by atoms with van der Waals surface area (Å²) in [5, 5.41) is 9.79. The van der Waals surface area contributed by atoms with Gasteiger partial charge in [-0.1, -0.05) is 12.1 Å². The van der Waals surface area contributed by atoms with Crippen LogP contribution in [-0.4, -0.2) is 16.1 Å². The molecule has 0 unspecified atom stereocenters. The lowest BCUT2D eigenvalue weighted by Gasteiger charge is -2.02. The van der Waals surface area contributed by atoms with Crippen molar-refractivity contribution in [3.63, 3.8) is 0 Å². The molecule has 1 N–H and O–H groups in total. The Morgan fingerprint density at radius 3 is 3.00 bits per heavy atom. The number of pyridine rings is 1. The van der Waals surface area contributed by atoms with Gasteiger partial charge in [-0.15, -0.1) is 11.3 Å². The highest BCUT2D eigenvalue weighted by atomic mass is 32.1. The molecule has 1 aromatic heterocycles. The van der Waals surface area contributed by atoms with Crippen LogP contribution in [0.4, 0.5) is 0 Å². The molecule has 2 heterocycles. The monoisotopic (exact) mass is 229 g/mol. The van der Waals surface area contributed by atoms with Crippen LogP contribution in [0.1, 0.15) is 10.5 Å². The molecule has 0 saturated carbocycles. The van der Waals surface area contributed by atoms with Gasteiger partial charge < -0.3 is 5.11 Å². The van der Waals surface area contributed by atoms with Crippen molar-refractivity contribution in [2.75, 3.05) is 0 Å². The fourth-order valence-corrected chi connectivity index (χ4v) is 2.66. The first-order valence-corrected chi connectivity index (χ1v) is 5.57. The summed E-state index contributed by atoms with van der Waals surface area (Å²) in [6, 6.07) is 9.66. The van der Waals surface area contributed by atoms with Crippen LogP contribution in [0.3, 0.4) is 0 Å². The van der Waals surface area contributed by atoms with Crippen molar-refractivity contribution in [3.05, 3.63) is 42.2 Å². The highest BCUT2D eigenvalue weighted by Gasteiger charge is 2.09. The normalized spacial score (nSPS) is 11.0. The zero-order valence-corrected chi connectivity index (χ0v) is 8.99. The van der Waals surface area contributed by atoms with Gasteiger partial charge in [0.15, 0.2) is 0 Å². The van der Waals surface area contributed by atoms with Crippen molar-refractivity contribution in [1.29, 1.82) is 0 Å². The maximum absolute atomic E-state index is 10.8. The lowest BCUT2D eigenvalue weighted by atomic mass is 10.2. The molecule has 2 aliphatic rings. The highest BCUT2D eigenvalue weighted by Crippen LogP contribution is 2.33. The van der Waals surface area contributed by atoms with Gasteiger partial charge in [0.1, 0.15) is 5.69 Å². The van der Waals surface area contributed by atoms with Crippen LogP contribution in [0.5, 0.6) is 0 Å². The molecule has 0 spiro atoms. The van der Waals surface area contributed by atoms with Crippen LogP contribution < -0.4 is 0 Å². The van der Waals surface area contributed by atoms with Crippen LogP contribution in [-0.2, 0) is 0 Å². The molecule has 0 bridgehead atoms. The van der Waals surface area contributed by atoms with Crippen molar-refractivity contribution >= 4 is 27.4 Å². The molecule has 1 aliphatic heterocycles. The number of hydrogen-bond acceptors (Lipinski definition) is 3. The Morgan fingerprint density at radius 1 is 1.31 bits per heavy atom. The first kappa shape index (κ1) is 9.30. The number of carbonyl (C=O) groups is 1. The molecule has 4 heteroatoms. The molecule has 3 rings (SSSR count). The van der Waals surface area contributed by atoms with Crippen LogP contribution in [0.15, 0.2) is 36.5 Å². The summed E-state index contributed by atoms with van der Waals surface area (Å²) in [6.07, 6.45) is 1.62. The summed E-state index contributed by atoms with van der Waals surface area (Å²) in [4.78, 5) is 15.9. The van der Waals surface area contributed by atoms with Crippen molar-refractivity contribution in [1.82, 2.24) is 4.98 Å². The average Bonchev–Trinajstić information content (AvgIpc) is 2.71. The molecule has 0 aromatic carbocycles. The van der Waals surface area contributed by atoms with Gasteiger partial charge >= 0.3 is 5.97 Å². The van der Waals surface area contributed by atoms with Crippen molar-refractivity contribution in [3.8, 4) is 10.4 Å². The highest BCUT2D eigenvalue weighted by molar-refractivity contribution is 7.21. The van der Waals surface area contributed by atoms with Gasteiger partial charge in [0.2, 0.25) is 0 Å². The van der Waals surface area contributed by atoms with Gasteiger partial charge in [-0.25, -0.2) is 9.78 Å². The van der Waals surface area contributed by atoms with Gasteiger partial charge in [-0.3, -0.25) is 0 Å². The van der Waals surface area contributed by atoms with Crippen molar-refractivity contribution < 1.29 is 9.90 Å². The van der Waals surface area contributed by atoms with Gasteiger partial charge in [0, 0.05) is 11.1 Å². The molecule has 3 nitrogen and oxygen atoms in total. The number of rotatable bonds is 1. The van der Waals surface area contributed by atoms with E-state index in [-0.39, 0.29) is 5.69 Å². The smallest absolute Gasteiger partial charge is 0.354 e. The summed E-state index contributed by atoms with van der Waals surface area (Å²) in [5.74, 6) is -0.991. The van der Waals surface area contributed by atoms with E-state index in [1.165, 1.54) is 4.88 Å². The number of aromatic carboxylic acids is 1. The van der Waals surface area contributed by atoms with Crippen LogP contribution >= 0.6 is 11.3 Å². The number of nitrogens with zero attached hydrogens (tertiary/aromatic N) is 1. The quantitative estimate of drug-likeness (QED) is 0.697. The Morgan fingerprint density at radius 2 is 2.19 bits per heavy atom. The Bertz CT molecular complexity index is 659. The minimum atomic E-state index is -0.991. The second-order valence-electron chi connectivity index (χ2n) is 3.50. The minimum Gasteiger partial charge on any atom is -0.477 e. The molecule has 0 atom stereocenters. The van der Waals surface area contributed by atoms with Crippen molar-refractivity contribution in [2.45, 2.75) is 0 Å². The standard InChI is InChI=1S/C12H7NO2S/c14-12(15)9-5-8-4-7-2-1-3-10(7)16-11(8)6-13-9/h1-6H,(H,14,15). The van der Waals surface area contributed by atoms with E-state index in [1.54, 1.807) is 23.6 Å². The lowest BCUT2D eigenvalue weighted by Crippen LogP contribution is -1.98. The molecule has 0 saturated heterocycles. The Kier molecular flexibility index (Phi) is 1.91. The minimum absolute atomic E-state index is 0.0885. The zero-order chi connectivity index (χ0) is 11.1. The summed E-state index contributed by atoms with van der Waals surface area (Å²) in [7, 11) is 0. The van der Waals surface area contributed by atoms with E-state index in [9.17, 15) is 4.79 Å². The fourth-order valence-electron chi connectivity index (χ4n) is 1.69. The predicted octanol–water partition coefficient (Wildman–Crippen LogP) is 3.10. The number of aromatic nitrogens is 1. The molecule has 1 aliphatic carbocycles. The van der Waals surface area contributed by atoms with E-state index in [4.69, 9.17) is 5.11 Å². The predicted molar refractivity (Wildman–Crippen MR) is 63.2 cm³/mol. The van der Waals surface area contributed by atoms with Gasteiger partial charge in [0.25, 0.3) is 0 Å². The number of hydrogen-bond donors (Lipinski definition) is 1. The third-order valence-corrected chi connectivity index (χ3v) is 3.61. The second kappa shape index (κ2) is 3.28. The van der Waals surface area contributed by atoms with Crippen LogP contribution in [0.2, 0.25) is 0 Å². The number of carboxylic acid groups (broad SMARTS) is 1. The van der Waals surface area contributed by atoms with Gasteiger partial charge in [-0.05, 0) is 29.1 Å². The Hall–Kier alpha value is -1.94. The Labute approximate surface area is 95.3 Å². The molecule has 1 aromatic rings. The van der Waals surface area contributed by atoms with Crippen LogP contribution in [0, 0.1) is 0 Å². The van der Waals surface area contributed by atoms with E-state index in [1.807, 2.05) is 24.3 Å². The summed E-state index contributed by atoms with van der Waals surface area (Å²) in [6.45, 7) is 0. The van der Waals surface area contributed by atoms with Gasteiger partial charge in [-0.2, -0.15) is 0 Å². The third kappa shape index (κ3) is 1.35. The molecule has 16 heavy (non-hydrogen) atoms. The fraction of sp³-hybridized carbons (Fsp3) is 0. The molecule has 0 amide bonds. The van der Waals surface area contributed by atoms with E-state index in [0.717, 1.165) is 15.6 Å². The molecule has 0 radical (unpaired) electrons. The van der Waals surface area contributed by atoms with E-state index in [2.05, 4.69) is 4.98 Å². The van der Waals surface area contributed by atoms with Crippen molar-refractivity contribution in [2.24, 2.45) is 0 Å². The van der Waals surface area contributed by atoms with Crippen LogP contribution in [0.25, 0.3) is 20.5 Å². The zero-order valence-electron chi connectivity index (χ0n) is 8.18. The molecular formula is C12H7NO2S. The summed E-state index contributed by atoms with van der Waals surface area (Å²) < 4.78 is 1.00. The van der Waals surface area contributed by atoms with E-state index < -0.39 is 5.97 Å². The summed E-state index contributed by atoms with van der Waals surface area (Å²) in [5.41, 5.74) is 1.23. The second-order valence-corrected chi connectivity index (χ2v) is 4.59. The first-order valence-electron chi connectivity index (χ1n) is 4.76. The number of fused-ring (bicyclic) bond motifs is 2. The lowest BCUT2D eigenvalue weighted by molar-refractivity contribution is 0.0691. The molecule has 0 fully saturated rings. The largest absolute Gasteiger partial charge is 0.477 e. The SMILES string of the molecule is O=C(O)c1cc2cc3cccc-3sc2cn1. The third-order valence-electron chi connectivity index (χ3n) is 2.46. The molecular weight excluding hydrogens is 222 g/mol. The maximum atomic E-state index is 10.8. The summed E-state index contributed by atoms with van der Waals surface area (Å²) >= 11 is 1.62. The molecule has 78 valence electrons. The topological polar surface area (TPSA) is 50.2 Å². The first-order chi connectivity index (χ1) is 7.74. The van der Waals surface area contributed by atoms with E-state index in [0.29, 0.717) is 0 Å². The average molecular weight is 229 g/mol.